The predicted octanol–water partition coefficient (Wildman–Crippen LogP) is 6.16. The first-order chi connectivity index (χ1) is 16.5. The number of nitrogens with one attached hydrogen (secondary N) is 1. The molecule has 5 nitrogen and oxygen atoms in total. The van der Waals surface area contributed by atoms with E-state index in [2.05, 4.69) is 15.0 Å². The molecule has 0 radical (unpaired) electrons. The van der Waals surface area contributed by atoms with E-state index >= 15 is 0 Å². The van der Waals surface area contributed by atoms with Crippen molar-refractivity contribution in [1.82, 2.24) is 4.98 Å². The number of halogens is 1. The van der Waals surface area contributed by atoms with Crippen LogP contribution in [0, 0.1) is 5.92 Å². The number of aromatic nitrogens is 1. The van der Waals surface area contributed by atoms with Crippen molar-refractivity contribution in [2.45, 2.75) is 18.2 Å². The lowest BCUT2D eigenvalue weighted by Gasteiger charge is -2.19. The van der Waals surface area contributed by atoms with Gasteiger partial charge in [0.25, 0.3) is 11.5 Å². The Balaban J connectivity index is 1.56. The number of amidine groups is 1. The van der Waals surface area contributed by atoms with Gasteiger partial charge in [-0.1, -0.05) is 72.3 Å². The largest absolute Gasteiger partial charge is 0.321 e. The standard InChI is InChI=1S/C27H20ClN3O2S/c1-16-20(14-17-8-4-2-5-9-17)25(32)31-27(29-16)34-24-23(18-10-6-3-7-11-18)21-15-19(28)12-13-22(21)30-26(24)33/h2-13,15,20H,14H2,1H3,(H,30,33). The summed E-state index contributed by atoms with van der Waals surface area (Å²) in [6.45, 7) is 1.84. The lowest BCUT2D eigenvalue weighted by Crippen LogP contribution is -2.28. The van der Waals surface area contributed by atoms with E-state index in [0.29, 0.717) is 27.6 Å². The second-order valence-corrected chi connectivity index (χ2v) is 9.46. The minimum Gasteiger partial charge on any atom is -0.321 e. The van der Waals surface area contributed by atoms with E-state index in [1.165, 1.54) is 0 Å². The van der Waals surface area contributed by atoms with Gasteiger partial charge in [0.2, 0.25) is 0 Å². The van der Waals surface area contributed by atoms with E-state index in [-0.39, 0.29) is 16.6 Å². The van der Waals surface area contributed by atoms with E-state index in [9.17, 15) is 9.59 Å². The topological polar surface area (TPSA) is 74.7 Å². The molecule has 0 fully saturated rings. The highest BCUT2D eigenvalue weighted by Crippen LogP contribution is 2.37. The molecule has 4 aromatic rings. The SMILES string of the molecule is CC1=NC(Sc2c(-c3ccccc3)c3cc(Cl)ccc3[nH]c2=O)=NC(=O)C1Cc1ccccc1. The van der Waals surface area contributed by atoms with Crippen molar-refractivity contribution in [2.75, 3.05) is 0 Å². The average Bonchev–Trinajstić information content (AvgIpc) is 2.83. The number of carbonyl (C=O) groups excluding carboxylic acids is 1. The molecule has 2 heterocycles. The second kappa shape index (κ2) is 9.41. The van der Waals surface area contributed by atoms with Crippen LogP contribution in [0.4, 0.5) is 0 Å². The van der Waals surface area contributed by atoms with Crippen LogP contribution in [0.25, 0.3) is 22.0 Å². The van der Waals surface area contributed by atoms with Gasteiger partial charge in [-0.15, -0.1) is 0 Å². The fourth-order valence-electron chi connectivity index (χ4n) is 4.06. The summed E-state index contributed by atoms with van der Waals surface area (Å²) in [5.74, 6) is -0.658. The van der Waals surface area contributed by atoms with Crippen molar-refractivity contribution in [1.29, 1.82) is 0 Å². The van der Waals surface area contributed by atoms with Crippen LogP contribution in [0.15, 0.2) is 98.5 Å². The maximum Gasteiger partial charge on any atom is 0.263 e. The van der Waals surface area contributed by atoms with Gasteiger partial charge in [0.15, 0.2) is 5.17 Å². The number of carbonyl (C=O) groups is 1. The summed E-state index contributed by atoms with van der Waals surface area (Å²) in [5.41, 5.74) is 3.76. The molecule has 3 aromatic carbocycles. The van der Waals surface area contributed by atoms with E-state index in [0.717, 1.165) is 33.8 Å². The molecule has 1 unspecified atom stereocenters. The summed E-state index contributed by atoms with van der Waals surface area (Å²) >= 11 is 7.40. The maximum atomic E-state index is 13.2. The van der Waals surface area contributed by atoms with Crippen LogP contribution < -0.4 is 5.56 Å². The third kappa shape index (κ3) is 4.47. The highest BCUT2D eigenvalue weighted by Gasteiger charge is 2.28. The second-order valence-electron chi connectivity index (χ2n) is 8.04. The first-order valence-electron chi connectivity index (χ1n) is 10.8. The number of pyridine rings is 1. The van der Waals surface area contributed by atoms with Crippen LogP contribution in [0.5, 0.6) is 0 Å². The molecule has 7 heteroatoms. The Bertz CT molecular complexity index is 1510. The van der Waals surface area contributed by atoms with Gasteiger partial charge < -0.3 is 4.98 Å². The summed E-state index contributed by atoms with van der Waals surface area (Å²) in [4.78, 5) is 38.3. The number of thioether (sulfide) groups is 1. The molecule has 5 rings (SSSR count). The first-order valence-corrected chi connectivity index (χ1v) is 12.0. The minimum absolute atomic E-state index is 0.250. The number of hydrogen-bond donors (Lipinski definition) is 1. The third-order valence-electron chi connectivity index (χ3n) is 5.75. The Morgan fingerprint density at radius 3 is 2.35 bits per heavy atom. The molecule has 0 bridgehead atoms. The van der Waals surface area contributed by atoms with Crippen LogP contribution in [-0.4, -0.2) is 21.8 Å². The van der Waals surface area contributed by atoms with Gasteiger partial charge >= 0.3 is 0 Å². The normalized spacial score (nSPS) is 15.8. The molecule has 34 heavy (non-hydrogen) atoms. The molecular formula is C27H20ClN3O2S. The van der Waals surface area contributed by atoms with Crippen molar-refractivity contribution in [3.63, 3.8) is 0 Å². The van der Waals surface area contributed by atoms with Crippen LogP contribution in [-0.2, 0) is 11.2 Å². The lowest BCUT2D eigenvalue weighted by molar-refractivity contribution is -0.119. The zero-order chi connectivity index (χ0) is 23.7. The summed E-state index contributed by atoms with van der Waals surface area (Å²) in [5, 5.41) is 1.64. The van der Waals surface area contributed by atoms with Gasteiger partial charge in [-0.05, 0) is 54.4 Å². The number of H-pyrrole nitrogens is 1. The summed E-state index contributed by atoms with van der Waals surface area (Å²) < 4.78 is 0. The van der Waals surface area contributed by atoms with Crippen LogP contribution in [0.1, 0.15) is 12.5 Å². The molecule has 0 saturated carbocycles. The molecule has 0 aliphatic carbocycles. The van der Waals surface area contributed by atoms with Crippen molar-refractivity contribution in [3.8, 4) is 11.1 Å². The van der Waals surface area contributed by atoms with E-state index in [1.54, 1.807) is 12.1 Å². The number of aliphatic imine (C=N–C) groups is 2. The smallest absolute Gasteiger partial charge is 0.263 e. The molecule has 1 aromatic heterocycles. The number of rotatable bonds is 4. The van der Waals surface area contributed by atoms with Crippen molar-refractivity contribution in [2.24, 2.45) is 15.9 Å². The molecule has 1 aliphatic heterocycles. The van der Waals surface area contributed by atoms with E-state index in [4.69, 9.17) is 11.6 Å². The Morgan fingerprint density at radius 2 is 1.65 bits per heavy atom. The van der Waals surface area contributed by atoms with Gasteiger partial charge in [-0.3, -0.25) is 9.59 Å². The van der Waals surface area contributed by atoms with Crippen molar-refractivity contribution in [3.05, 3.63) is 99.8 Å². The number of aromatic amines is 1. The number of amides is 1. The predicted molar refractivity (Wildman–Crippen MR) is 140 cm³/mol. The first kappa shape index (κ1) is 22.3. The van der Waals surface area contributed by atoms with Gasteiger partial charge in [0.05, 0.1) is 10.8 Å². The Hall–Kier alpha value is -3.48. The molecule has 1 amide bonds. The lowest BCUT2D eigenvalue weighted by atomic mass is 9.94. The van der Waals surface area contributed by atoms with Crippen molar-refractivity contribution < 1.29 is 4.79 Å². The molecule has 168 valence electrons. The quantitative estimate of drug-likeness (QED) is 0.376. The third-order valence-corrected chi connectivity index (χ3v) is 6.95. The molecule has 0 saturated heterocycles. The average molecular weight is 486 g/mol. The fraction of sp³-hybridized carbons (Fsp3) is 0.111. The number of fused-ring (bicyclic) bond motifs is 1. The van der Waals surface area contributed by atoms with Crippen LogP contribution in [0.2, 0.25) is 5.02 Å². The van der Waals surface area contributed by atoms with E-state index < -0.39 is 5.92 Å². The summed E-state index contributed by atoms with van der Waals surface area (Å²) in [7, 11) is 0. The number of benzene rings is 3. The molecule has 1 atom stereocenters. The molecule has 0 spiro atoms. The Kier molecular flexibility index (Phi) is 6.18. The van der Waals surface area contributed by atoms with E-state index in [1.807, 2.05) is 73.7 Å². The van der Waals surface area contributed by atoms with Crippen LogP contribution in [0.3, 0.4) is 0 Å². The highest BCUT2D eigenvalue weighted by atomic mass is 35.5. The Labute approximate surface area is 205 Å². The van der Waals surface area contributed by atoms with Gasteiger partial charge in [-0.25, -0.2) is 4.99 Å². The highest BCUT2D eigenvalue weighted by molar-refractivity contribution is 8.14. The minimum atomic E-state index is -0.408. The molecular weight excluding hydrogens is 466 g/mol. The Morgan fingerprint density at radius 1 is 0.941 bits per heavy atom. The molecule has 1 N–H and O–H groups in total. The molecule has 1 aliphatic rings. The monoisotopic (exact) mass is 485 g/mol. The summed E-state index contributed by atoms with van der Waals surface area (Å²) in [6, 6.07) is 24.8. The summed E-state index contributed by atoms with van der Waals surface area (Å²) in [6.07, 6.45) is 0.542. The zero-order valence-corrected chi connectivity index (χ0v) is 19.9. The van der Waals surface area contributed by atoms with Gasteiger partial charge in [0, 0.05) is 27.2 Å². The zero-order valence-electron chi connectivity index (χ0n) is 18.3. The fourth-order valence-corrected chi connectivity index (χ4v) is 5.22. The van der Waals surface area contributed by atoms with Gasteiger partial charge in [0.1, 0.15) is 0 Å². The van der Waals surface area contributed by atoms with Crippen molar-refractivity contribution >= 4 is 51.1 Å². The maximum absolute atomic E-state index is 13.2. The van der Waals surface area contributed by atoms with Gasteiger partial charge in [-0.2, -0.15) is 4.99 Å². The number of nitrogens with zero attached hydrogens (tertiary/aromatic N) is 2. The number of hydrogen-bond acceptors (Lipinski definition) is 4. The van der Waals surface area contributed by atoms with Crippen LogP contribution >= 0.6 is 23.4 Å².